The minimum absolute atomic E-state index is 0.192. The van der Waals surface area contributed by atoms with E-state index in [0.717, 1.165) is 22.3 Å². The maximum absolute atomic E-state index is 12.7. The molecular formula is C23H25N3O5S. The van der Waals surface area contributed by atoms with Gasteiger partial charge in [-0.05, 0) is 67.7 Å². The first-order valence-electron chi connectivity index (χ1n) is 10.4. The maximum Gasteiger partial charge on any atom is 0.322 e. The molecule has 9 heteroatoms. The van der Waals surface area contributed by atoms with Gasteiger partial charge in [-0.3, -0.25) is 20.4 Å². The van der Waals surface area contributed by atoms with E-state index in [1.807, 2.05) is 25.1 Å². The first-order chi connectivity index (χ1) is 15.3. The third-order valence-electron chi connectivity index (χ3n) is 5.58. The molecule has 1 amide bonds. The Balaban J connectivity index is 1.50. The number of amides is 1. The summed E-state index contributed by atoms with van der Waals surface area (Å²) in [4.78, 5) is 24.3. The minimum Gasteiger partial charge on any atom is -0.465 e. The van der Waals surface area contributed by atoms with E-state index in [9.17, 15) is 18.0 Å². The molecule has 1 heterocycles. The number of hydrogen-bond acceptors (Lipinski definition) is 6. The van der Waals surface area contributed by atoms with E-state index in [-0.39, 0.29) is 17.5 Å². The second-order valence-electron chi connectivity index (χ2n) is 7.95. The average molecular weight is 456 g/mol. The van der Waals surface area contributed by atoms with Crippen molar-refractivity contribution in [2.75, 3.05) is 6.61 Å². The summed E-state index contributed by atoms with van der Waals surface area (Å²) in [6, 6.07) is 12.3. The third kappa shape index (κ3) is 4.53. The predicted octanol–water partition coefficient (Wildman–Crippen LogP) is 1.60. The quantitative estimate of drug-likeness (QED) is 0.450. The van der Waals surface area contributed by atoms with Gasteiger partial charge < -0.3 is 4.74 Å². The summed E-state index contributed by atoms with van der Waals surface area (Å²) in [5.74, 6) is -2.09. The molecule has 0 aromatic heterocycles. The summed E-state index contributed by atoms with van der Waals surface area (Å²) >= 11 is 0. The number of esters is 1. The number of ether oxygens (including phenoxy) is 1. The predicted molar refractivity (Wildman–Crippen MR) is 119 cm³/mol. The molecule has 0 bridgehead atoms. The smallest absolute Gasteiger partial charge is 0.322 e. The van der Waals surface area contributed by atoms with Gasteiger partial charge in [-0.1, -0.05) is 29.8 Å². The average Bonchev–Trinajstić information content (AvgIpc) is 3.15. The molecule has 0 saturated carbocycles. The lowest BCUT2D eigenvalue weighted by molar-refractivity contribution is -0.150. The number of aryl methyl sites for hydroxylation is 1. The molecule has 0 saturated heterocycles. The number of sulfonamides is 1. The fraction of sp³-hybridized carbons (Fsp3) is 0.304. The number of carbonyl (C=O) groups excluding carboxylic acids is 2. The molecule has 0 spiro atoms. The van der Waals surface area contributed by atoms with Crippen molar-refractivity contribution in [1.82, 2.24) is 15.6 Å². The van der Waals surface area contributed by atoms with Gasteiger partial charge in [0, 0.05) is 6.04 Å². The Morgan fingerprint density at radius 3 is 2.53 bits per heavy atom. The van der Waals surface area contributed by atoms with Crippen LogP contribution in [0, 0.1) is 12.8 Å². The first-order valence-corrected chi connectivity index (χ1v) is 11.9. The molecule has 3 N–H and O–H groups in total. The number of nitrogens with one attached hydrogen (secondary N) is 3. The lowest BCUT2D eigenvalue weighted by atomic mass is 9.99. The van der Waals surface area contributed by atoms with E-state index in [0.29, 0.717) is 18.5 Å². The van der Waals surface area contributed by atoms with E-state index in [2.05, 4.69) is 15.6 Å². The molecule has 0 fully saturated rings. The van der Waals surface area contributed by atoms with E-state index in [1.54, 1.807) is 37.3 Å². The summed E-state index contributed by atoms with van der Waals surface area (Å²) in [6.07, 6.45) is 2.69. The van der Waals surface area contributed by atoms with Gasteiger partial charge in [-0.2, -0.15) is 0 Å². The van der Waals surface area contributed by atoms with Crippen LogP contribution in [0.4, 0.5) is 0 Å². The number of hydrazine groups is 1. The van der Waals surface area contributed by atoms with Gasteiger partial charge in [0.2, 0.25) is 10.0 Å². The molecule has 2 atom stereocenters. The van der Waals surface area contributed by atoms with Crippen molar-refractivity contribution in [3.63, 3.8) is 0 Å². The fourth-order valence-corrected chi connectivity index (χ4v) is 5.18. The van der Waals surface area contributed by atoms with Gasteiger partial charge in [0.1, 0.15) is 0 Å². The molecule has 1 aliphatic carbocycles. The SMILES string of the molecule is CCOC(=O)C1C=C(c2ccc3c(c2)CC(NS(=O)(=O)c2ccc(C)cc2)C3)NNC1=O. The van der Waals surface area contributed by atoms with Gasteiger partial charge in [0.15, 0.2) is 5.92 Å². The zero-order chi connectivity index (χ0) is 22.9. The van der Waals surface area contributed by atoms with Crippen LogP contribution in [0.1, 0.15) is 29.2 Å². The molecule has 4 rings (SSSR count). The van der Waals surface area contributed by atoms with Crippen LogP contribution >= 0.6 is 0 Å². The van der Waals surface area contributed by atoms with Gasteiger partial charge in [-0.15, -0.1) is 0 Å². The highest BCUT2D eigenvalue weighted by molar-refractivity contribution is 7.89. The second-order valence-corrected chi connectivity index (χ2v) is 9.66. The number of rotatable bonds is 6. The standard InChI is InChI=1S/C23H25N3O5S/c1-3-31-23(28)20-13-21(24-25-22(20)27)16-7-6-15-11-18(12-17(15)10-16)26-32(29,30)19-8-4-14(2)5-9-19/h4-10,13,18,20,24,26H,3,11-12H2,1-2H3,(H,25,27). The van der Waals surface area contributed by atoms with Gasteiger partial charge in [0.05, 0.1) is 17.2 Å². The second kappa shape index (κ2) is 8.76. The van der Waals surface area contributed by atoms with Crippen molar-refractivity contribution in [3.05, 3.63) is 70.8 Å². The summed E-state index contributed by atoms with van der Waals surface area (Å²) in [7, 11) is -3.61. The Morgan fingerprint density at radius 1 is 1.09 bits per heavy atom. The van der Waals surface area contributed by atoms with Crippen LogP contribution in [0.15, 0.2) is 53.4 Å². The topological polar surface area (TPSA) is 114 Å². The summed E-state index contributed by atoms with van der Waals surface area (Å²) < 4.78 is 33.2. The monoisotopic (exact) mass is 455 g/mol. The Bertz CT molecular complexity index is 1190. The van der Waals surface area contributed by atoms with Crippen molar-refractivity contribution in [2.24, 2.45) is 5.92 Å². The Morgan fingerprint density at radius 2 is 1.81 bits per heavy atom. The molecule has 2 unspecified atom stereocenters. The van der Waals surface area contributed by atoms with E-state index < -0.39 is 27.8 Å². The Kier molecular flexibility index (Phi) is 6.03. The van der Waals surface area contributed by atoms with Crippen molar-refractivity contribution in [1.29, 1.82) is 0 Å². The zero-order valence-electron chi connectivity index (χ0n) is 17.8. The molecule has 2 aliphatic rings. The largest absolute Gasteiger partial charge is 0.465 e. The highest BCUT2D eigenvalue weighted by Gasteiger charge is 2.31. The van der Waals surface area contributed by atoms with E-state index >= 15 is 0 Å². The van der Waals surface area contributed by atoms with Gasteiger partial charge >= 0.3 is 5.97 Å². The van der Waals surface area contributed by atoms with Crippen LogP contribution in [0.3, 0.4) is 0 Å². The highest BCUT2D eigenvalue weighted by atomic mass is 32.2. The molecule has 1 aliphatic heterocycles. The molecule has 8 nitrogen and oxygen atoms in total. The Hall–Kier alpha value is -3.17. The molecule has 168 valence electrons. The molecule has 2 aromatic carbocycles. The number of fused-ring (bicyclic) bond motifs is 1. The zero-order valence-corrected chi connectivity index (χ0v) is 18.7. The number of carbonyl (C=O) groups is 2. The first kappa shape index (κ1) is 22.0. The normalized spacial score (nSPS) is 20.1. The van der Waals surface area contributed by atoms with Crippen LogP contribution < -0.4 is 15.6 Å². The number of hydrogen-bond donors (Lipinski definition) is 3. The fourth-order valence-electron chi connectivity index (χ4n) is 3.94. The van der Waals surface area contributed by atoms with Crippen LogP contribution in [0.25, 0.3) is 5.70 Å². The van der Waals surface area contributed by atoms with Gasteiger partial charge in [-0.25, -0.2) is 13.1 Å². The summed E-state index contributed by atoms with van der Waals surface area (Å²) in [6.45, 7) is 3.79. The third-order valence-corrected chi connectivity index (χ3v) is 7.12. The Labute approximate surface area is 187 Å². The van der Waals surface area contributed by atoms with Crippen molar-refractivity contribution in [2.45, 2.75) is 37.6 Å². The molecule has 0 radical (unpaired) electrons. The lowest BCUT2D eigenvalue weighted by Crippen LogP contribution is -2.46. The summed E-state index contributed by atoms with van der Waals surface area (Å²) in [5, 5.41) is 0. The number of benzene rings is 2. The van der Waals surface area contributed by atoms with Crippen LogP contribution in [0.2, 0.25) is 0 Å². The van der Waals surface area contributed by atoms with Crippen LogP contribution in [-0.2, 0) is 37.2 Å². The lowest BCUT2D eigenvalue weighted by Gasteiger charge is -2.22. The molecular weight excluding hydrogens is 430 g/mol. The molecule has 32 heavy (non-hydrogen) atoms. The van der Waals surface area contributed by atoms with Crippen LogP contribution in [-0.4, -0.2) is 32.9 Å². The van der Waals surface area contributed by atoms with Gasteiger partial charge in [0.25, 0.3) is 5.91 Å². The van der Waals surface area contributed by atoms with Crippen molar-refractivity contribution >= 4 is 27.6 Å². The van der Waals surface area contributed by atoms with Crippen molar-refractivity contribution in [3.8, 4) is 0 Å². The highest BCUT2D eigenvalue weighted by Crippen LogP contribution is 2.28. The summed E-state index contributed by atoms with van der Waals surface area (Å²) in [5.41, 5.74) is 9.78. The van der Waals surface area contributed by atoms with E-state index in [4.69, 9.17) is 4.74 Å². The van der Waals surface area contributed by atoms with Crippen molar-refractivity contribution < 1.29 is 22.7 Å². The molecule has 2 aromatic rings. The van der Waals surface area contributed by atoms with E-state index in [1.165, 1.54) is 0 Å². The maximum atomic E-state index is 12.7. The van der Waals surface area contributed by atoms with Crippen LogP contribution in [0.5, 0.6) is 0 Å². The minimum atomic E-state index is -3.61.